The van der Waals surface area contributed by atoms with Crippen LogP contribution in [-0.4, -0.2) is 29.8 Å². The molecule has 1 aliphatic heterocycles. The van der Waals surface area contributed by atoms with E-state index in [1.807, 2.05) is 29.2 Å². The molecule has 1 aliphatic carbocycles. The standard InChI is InChI=1S/C19H26N2O2/c1-14-12-17(14)18(22)20-13-15-6-8-16(9-7-15)19(23)21-10-4-2-3-5-11-21/h6-9,14,17H,2-5,10-13H2,1H3,(H,20,22)/t14-,17-/m0/s1. The first-order valence-corrected chi connectivity index (χ1v) is 8.81. The lowest BCUT2D eigenvalue weighted by atomic mass is 10.1. The summed E-state index contributed by atoms with van der Waals surface area (Å²) in [5.74, 6) is 1.03. The molecule has 1 aromatic rings. The lowest BCUT2D eigenvalue weighted by Crippen LogP contribution is -2.31. The summed E-state index contributed by atoms with van der Waals surface area (Å²) in [5, 5.41) is 2.98. The van der Waals surface area contributed by atoms with Crippen molar-refractivity contribution < 1.29 is 9.59 Å². The van der Waals surface area contributed by atoms with Crippen LogP contribution in [0.15, 0.2) is 24.3 Å². The Hall–Kier alpha value is -1.84. The van der Waals surface area contributed by atoms with Crippen LogP contribution in [0.2, 0.25) is 0 Å². The molecule has 4 nitrogen and oxygen atoms in total. The Morgan fingerprint density at radius 2 is 1.70 bits per heavy atom. The van der Waals surface area contributed by atoms with E-state index in [1.165, 1.54) is 12.8 Å². The van der Waals surface area contributed by atoms with Crippen LogP contribution >= 0.6 is 0 Å². The molecule has 2 amide bonds. The van der Waals surface area contributed by atoms with Gasteiger partial charge in [-0.25, -0.2) is 0 Å². The molecule has 0 radical (unpaired) electrons. The fourth-order valence-corrected chi connectivity index (χ4v) is 3.23. The van der Waals surface area contributed by atoms with E-state index in [4.69, 9.17) is 0 Å². The van der Waals surface area contributed by atoms with E-state index >= 15 is 0 Å². The monoisotopic (exact) mass is 314 g/mol. The lowest BCUT2D eigenvalue weighted by molar-refractivity contribution is -0.122. The fraction of sp³-hybridized carbons (Fsp3) is 0.579. The molecule has 1 saturated carbocycles. The molecule has 124 valence electrons. The summed E-state index contributed by atoms with van der Waals surface area (Å²) in [6.07, 6.45) is 5.67. The molecule has 0 spiro atoms. The number of nitrogens with one attached hydrogen (secondary N) is 1. The quantitative estimate of drug-likeness (QED) is 0.929. The van der Waals surface area contributed by atoms with Crippen LogP contribution in [0.3, 0.4) is 0 Å². The maximum Gasteiger partial charge on any atom is 0.253 e. The summed E-state index contributed by atoms with van der Waals surface area (Å²) in [7, 11) is 0. The van der Waals surface area contributed by atoms with Gasteiger partial charge in [0.2, 0.25) is 5.91 Å². The number of hydrogen-bond acceptors (Lipinski definition) is 2. The van der Waals surface area contributed by atoms with Gasteiger partial charge in [0.1, 0.15) is 0 Å². The van der Waals surface area contributed by atoms with Crippen molar-refractivity contribution >= 4 is 11.8 Å². The Kier molecular flexibility index (Phi) is 4.99. The van der Waals surface area contributed by atoms with Crippen LogP contribution in [0.25, 0.3) is 0 Å². The molecule has 1 saturated heterocycles. The molecule has 1 heterocycles. The topological polar surface area (TPSA) is 49.4 Å². The van der Waals surface area contributed by atoms with Gasteiger partial charge in [-0.05, 0) is 42.9 Å². The number of nitrogens with zero attached hydrogens (tertiary/aromatic N) is 1. The summed E-state index contributed by atoms with van der Waals surface area (Å²) < 4.78 is 0. The minimum absolute atomic E-state index is 0.134. The molecule has 23 heavy (non-hydrogen) atoms. The zero-order chi connectivity index (χ0) is 16.2. The number of carbonyl (C=O) groups excluding carboxylic acids is 2. The second-order valence-corrected chi connectivity index (χ2v) is 6.94. The Balaban J connectivity index is 1.53. The van der Waals surface area contributed by atoms with Crippen LogP contribution in [0.5, 0.6) is 0 Å². The molecule has 2 aliphatic rings. The Morgan fingerprint density at radius 1 is 1.09 bits per heavy atom. The Morgan fingerprint density at radius 3 is 2.26 bits per heavy atom. The molecule has 0 unspecified atom stereocenters. The molecule has 4 heteroatoms. The molecule has 0 aromatic heterocycles. The van der Waals surface area contributed by atoms with E-state index in [0.29, 0.717) is 12.5 Å². The normalized spacial score (nSPS) is 24.0. The Bertz CT molecular complexity index is 559. The number of benzene rings is 1. The van der Waals surface area contributed by atoms with Crippen LogP contribution in [-0.2, 0) is 11.3 Å². The lowest BCUT2D eigenvalue weighted by Gasteiger charge is -2.20. The maximum atomic E-state index is 12.5. The van der Waals surface area contributed by atoms with E-state index in [0.717, 1.165) is 43.5 Å². The smallest absolute Gasteiger partial charge is 0.253 e. The van der Waals surface area contributed by atoms with Gasteiger partial charge in [0.15, 0.2) is 0 Å². The predicted molar refractivity (Wildman–Crippen MR) is 89.9 cm³/mol. The third kappa shape index (κ3) is 4.12. The van der Waals surface area contributed by atoms with Crippen molar-refractivity contribution in [3.05, 3.63) is 35.4 Å². The first-order chi connectivity index (χ1) is 11.1. The molecule has 3 rings (SSSR count). The molecular weight excluding hydrogens is 288 g/mol. The van der Waals surface area contributed by atoms with Gasteiger partial charge in [-0.2, -0.15) is 0 Å². The van der Waals surface area contributed by atoms with Gasteiger partial charge >= 0.3 is 0 Å². The summed E-state index contributed by atoms with van der Waals surface area (Å²) in [5.41, 5.74) is 1.79. The van der Waals surface area contributed by atoms with Crippen LogP contribution in [0.4, 0.5) is 0 Å². The minimum Gasteiger partial charge on any atom is -0.352 e. The van der Waals surface area contributed by atoms with E-state index in [1.54, 1.807) is 0 Å². The second kappa shape index (κ2) is 7.16. The van der Waals surface area contributed by atoms with Gasteiger partial charge in [0.25, 0.3) is 5.91 Å². The predicted octanol–water partition coefficient (Wildman–Crippen LogP) is 2.98. The number of amides is 2. The molecule has 1 aromatic carbocycles. The highest BCUT2D eigenvalue weighted by Crippen LogP contribution is 2.37. The number of hydrogen-bond donors (Lipinski definition) is 1. The SMILES string of the molecule is C[C@H]1C[C@@H]1C(=O)NCc1ccc(C(=O)N2CCCCCC2)cc1. The second-order valence-electron chi connectivity index (χ2n) is 6.94. The van der Waals surface area contributed by atoms with Crippen LogP contribution in [0, 0.1) is 11.8 Å². The van der Waals surface area contributed by atoms with Crippen molar-refractivity contribution in [1.82, 2.24) is 10.2 Å². The fourth-order valence-electron chi connectivity index (χ4n) is 3.23. The first-order valence-electron chi connectivity index (χ1n) is 8.81. The molecule has 1 N–H and O–H groups in total. The van der Waals surface area contributed by atoms with Crippen molar-refractivity contribution in [2.45, 2.75) is 45.6 Å². The molecule has 2 atom stereocenters. The minimum atomic E-state index is 0.134. The Labute approximate surface area is 138 Å². The number of rotatable bonds is 4. The van der Waals surface area contributed by atoms with Gasteiger partial charge in [-0.1, -0.05) is 31.9 Å². The van der Waals surface area contributed by atoms with Crippen LogP contribution < -0.4 is 5.32 Å². The highest BCUT2D eigenvalue weighted by atomic mass is 16.2. The van der Waals surface area contributed by atoms with Gasteiger partial charge < -0.3 is 10.2 Å². The summed E-state index contributed by atoms with van der Waals surface area (Å²) in [6.45, 7) is 4.39. The molecule has 0 bridgehead atoms. The van der Waals surface area contributed by atoms with Gasteiger partial charge in [-0.15, -0.1) is 0 Å². The van der Waals surface area contributed by atoms with Crippen LogP contribution in [0.1, 0.15) is 54.9 Å². The summed E-state index contributed by atoms with van der Waals surface area (Å²) in [4.78, 5) is 26.3. The van der Waals surface area contributed by atoms with E-state index in [9.17, 15) is 9.59 Å². The van der Waals surface area contributed by atoms with Gasteiger partial charge in [-0.3, -0.25) is 9.59 Å². The average Bonchev–Trinajstić information content (AvgIpc) is 3.35. The van der Waals surface area contributed by atoms with Gasteiger partial charge in [0, 0.05) is 31.1 Å². The van der Waals surface area contributed by atoms with Gasteiger partial charge in [0.05, 0.1) is 0 Å². The van der Waals surface area contributed by atoms with E-state index in [2.05, 4.69) is 12.2 Å². The zero-order valence-electron chi connectivity index (χ0n) is 13.9. The largest absolute Gasteiger partial charge is 0.352 e. The highest BCUT2D eigenvalue weighted by molar-refractivity contribution is 5.94. The summed E-state index contributed by atoms with van der Waals surface area (Å²) in [6, 6.07) is 7.66. The zero-order valence-corrected chi connectivity index (χ0v) is 13.9. The maximum absolute atomic E-state index is 12.5. The van der Waals surface area contributed by atoms with Crippen molar-refractivity contribution in [2.75, 3.05) is 13.1 Å². The number of likely N-dealkylation sites (tertiary alicyclic amines) is 1. The van der Waals surface area contributed by atoms with Crippen molar-refractivity contribution in [3.8, 4) is 0 Å². The van der Waals surface area contributed by atoms with Crippen molar-refractivity contribution in [1.29, 1.82) is 0 Å². The third-order valence-electron chi connectivity index (χ3n) is 5.01. The number of carbonyl (C=O) groups is 2. The van der Waals surface area contributed by atoms with Crippen molar-refractivity contribution in [2.24, 2.45) is 11.8 Å². The molecule has 2 fully saturated rings. The molecular formula is C19H26N2O2. The average molecular weight is 314 g/mol. The highest BCUT2D eigenvalue weighted by Gasteiger charge is 2.38. The van der Waals surface area contributed by atoms with E-state index < -0.39 is 0 Å². The summed E-state index contributed by atoms with van der Waals surface area (Å²) >= 11 is 0. The first kappa shape index (κ1) is 16.0. The third-order valence-corrected chi connectivity index (χ3v) is 5.01. The van der Waals surface area contributed by atoms with Crippen molar-refractivity contribution in [3.63, 3.8) is 0 Å². The van der Waals surface area contributed by atoms with E-state index in [-0.39, 0.29) is 17.7 Å².